The summed E-state index contributed by atoms with van der Waals surface area (Å²) in [6.45, 7) is 4.42. The summed E-state index contributed by atoms with van der Waals surface area (Å²) in [5.41, 5.74) is -0.716. The summed E-state index contributed by atoms with van der Waals surface area (Å²) in [5.74, 6) is -4.71. The second-order valence-electron chi connectivity index (χ2n) is 10.1. The highest BCUT2D eigenvalue weighted by Gasteiger charge is 2.50. The van der Waals surface area contributed by atoms with Gasteiger partial charge in [0.05, 0.1) is 6.07 Å². The van der Waals surface area contributed by atoms with Crippen molar-refractivity contribution < 1.29 is 27.6 Å². The number of pyridine rings is 1. The van der Waals surface area contributed by atoms with Crippen LogP contribution < -0.4 is 10.6 Å². The van der Waals surface area contributed by atoms with Crippen molar-refractivity contribution in [2.75, 3.05) is 6.54 Å². The molecule has 4 atom stereocenters. The molecule has 1 aromatic heterocycles. The van der Waals surface area contributed by atoms with E-state index in [0.29, 0.717) is 10.9 Å². The zero-order valence-electron chi connectivity index (χ0n) is 20.7. The van der Waals surface area contributed by atoms with Crippen molar-refractivity contribution in [3.63, 3.8) is 0 Å². The van der Waals surface area contributed by atoms with Gasteiger partial charge in [-0.1, -0.05) is 45.0 Å². The molecule has 2 aromatic rings. The third kappa shape index (κ3) is 6.30. The third-order valence-electron chi connectivity index (χ3n) is 6.39. The molecule has 2 heterocycles. The van der Waals surface area contributed by atoms with Gasteiger partial charge >= 0.3 is 12.1 Å². The molecule has 1 aliphatic heterocycles. The fourth-order valence-corrected chi connectivity index (χ4v) is 5.00. The number of fused-ring (bicyclic) bond motifs is 1. The van der Waals surface area contributed by atoms with Gasteiger partial charge in [-0.2, -0.15) is 18.4 Å². The van der Waals surface area contributed by atoms with Gasteiger partial charge in [0.25, 0.3) is 0 Å². The highest BCUT2D eigenvalue weighted by atomic mass is 35.5. The first-order valence-corrected chi connectivity index (χ1v) is 12.5. The van der Waals surface area contributed by atoms with Crippen LogP contribution in [0.3, 0.4) is 0 Å². The smallest absolute Gasteiger partial charge is 0.336 e. The van der Waals surface area contributed by atoms with Crippen molar-refractivity contribution in [1.82, 2.24) is 20.5 Å². The summed E-state index contributed by atoms with van der Waals surface area (Å²) in [6, 6.07) is 5.08. The Morgan fingerprint density at radius 3 is 2.37 bits per heavy atom. The number of nitrogens with zero attached hydrogens (tertiary/aromatic N) is 3. The molecule has 204 valence electrons. The van der Waals surface area contributed by atoms with E-state index in [0.717, 1.165) is 10.3 Å². The number of amides is 3. The molecule has 0 spiro atoms. The Bertz CT molecular complexity index is 1250. The van der Waals surface area contributed by atoms with Gasteiger partial charge in [0, 0.05) is 35.8 Å². The maximum absolute atomic E-state index is 13.5. The van der Waals surface area contributed by atoms with Crippen LogP contribution in [0.15, 0.2) is 36.7 Å². The molecule has 0 aliphatic carbocycles. The van der Waals surface area contributed by atoms with Crippen molar-refractivity contribution >= 4 is 51.7 Å². The van der Waals surface area contributed by atoms with Crippen LogP contribution in [0.2, 0.25) is 0 Å². The van der Waals surface area contributed by atoms with Crippen LogP contribution in [0.5, 0.6) is 0 Å². The predicted octanol–water partition coefficient (Wildman–Crippen LogP) is 4.03. The van der Waals surface area contributed by atoms with Gasteiger partial charge in [0.2, 0.25) is 11.8 Å². The van der Waals surface area contributed by atoms with Gasteiger partial charge in [0.15, 0.2) is 0 Å². The zero-order chi connectivity index (χ0) is 28.4. The molecule has 1 unspecified atom stereocenters. The number of carbonyl (C=O) groups excluding carboxylic acids is 3. The summed E-state index contributed by atoms with van der Waals surface area (Å²) in [5, 5.41) is 15.7. The summed E-state index contributed by atoms with van der Waals surface area (Å²) in [4.78, 5) is 42.9. The first-order chi connectivity index (χ1) is 17.7. The Labute approximate surface area is 227 Å². The summed E-state index contributed by atoms with van der Waals surface area (Å²) in [6.07, 6.45) is -1.98. The number of nitriles is 1. The number of carbonyl (C=O) groups is 3. The van der Waals surface area contributed by atoms with Gasteiger partial charge < -0.3 is 15.5 Å². The second-order valence-corrected chi connectivity index (χ2v) is 11.2. The molecule has 0 bridgehead atoms. The maximum Gasteiger partial charge on any atom is 0.471 e. The lowest BCUT2D eigenvalue weighted by molar-refractivity contribution is -0.176. The van der Waals surface area contributed by atoms with Gasteiger partial charge in [-0.25, -0.2) is 0 Å². The van der Waals surface area contributed by atoms with Gasteiger partial charge in [-0.3, -0.25) is 19.4 Å². The summed E-state index contributed by atoms with van der Waals surface area (Å²) in [7, 11) is 0. The Morgan fingerprint density at radius 2 is 1.79 bits per heavy atom. The number of benzene rings is 1. The van der Waals surface area contributed by atoms with Crippen molar-refractivity contribution in [3.05, 3.63) is 42.2 Å². The first kappa shape index (κ1) is 29.5. The van der Waals surface area contributed by atoms with Crippen LogP contribution in [-0.4, -0.2) is 57.2 Å². The van der Waals surface area contributed by atoms with Crippen molar-refractivity contribution in [3.8, 4) is 6.07 Å². The molecule has 1 aliphatic rings. The van der Waals surface area contributed by atoms with E-state index in [1.54, 1.807) is 35.8 Å². The first-order valence-electron chi connectivity index (χ1n) is 11.7. The largest absolute Gasteiger partial charge is 0.471 e. The Morgan fingerprint density at radius 1 is 1.13 bits per heavy atom. The average Bonchev–Trinajstić information content (AvgIpc) is 3.29. The molecule has 1 saturated heterocycles. The average molecular weight is 572 g/mol. The molecule has 3 rings (SSSR count). The molecule has 8 nitrogen and oxygen atoms in total. The number of rotatable bonds is 6. The highest BCUT2D eigenvalue weighted by Crippen LogP contribution is 2.35. The maximum atomic E-state index is 13.5. The molecule has 0 radical (unpaired) electrons. The molecular weight excluding hydrogens is 546 g/mol. The van der Waals surface area contributed by atoms with Crippen LogP contribution in [0.25, 0.3) is 10.8 Å². The van der Waals surface area contributed by atoms with E-state index in [2.05, 4.69) is 10.3 Å². The fraction of sp³-hybridized carbons (Fsp3) is 0.480. The lowest BCUT2D eigenvalue weighted by atomic mass is 9.85. The van der Waals surface area contributed by atoms with E-state index in [1.807, 2.05) is 6.07 Å². The standard InChI is InChI=1S/C25H26Cl2F3N5O3/c1-24(2,3)19(34-23(38)25(28,29)30)22(37)35-9-8-15(20(26)27)18(35)21(36)33-17(10-31)16-12-32-11-13-6-4-5-7-14(13)16/h4-7,11-12,15,17-20H,8-9H2,1-3H3,(H,33,36)(H,34,38)/t15-,17?,18-,19+/m0/s1. The molecule has 3 amide bonds. The monoisotopic (exact) mass is 571 g/mol. The number of nitrogens with one attached hydrogen (secondary N) is 2. The Hall–Kier alpha value is -3.10. The minimum atomic E-state index is -5.21. The SMILES string of the molecule is CC(C)(C)[C@H](NC(=O)C(F)(F)F)C(=O)N1CC[C@H](C(Cl)Cl)[C@H]1C(=O)NC(C#N)c1cncc2ccccc12. The lowest BCUT2D eigenvalue weighted by Crippen LogP contribution is -2.60. The van der Waals surface area contributed by atoms with Crippen LogP contribution in [-0.2, 0) is 14.4 Å². The van der Waals surface area contributed by atoms with E-state index in [9.17, 15) is 32.8 Å². The van der Waals surface area contributed by atoms with Gasteiger partial charge in [0.1, 0.15) is 23.0 Å². The van der Waals surface area contributed by atoms with Crippen LogP contribution in [0, 0.1) is 22.7 Å². The van der Waals surface area contributed by atoms with E-state index >= 15 is 0 Å². The lowest BCUT2D eigenvalue weighted by Gasteiger charge is -2.36. The molecular formula is C25H26Cl2F3N5O3. The van der Waals surface area contributed by atoms with Crippen molar-refractivity contribution in [1.29, 1.82) is 5.26 Å². The zero-order valence-corrected chi connectivity index (χ0v) is 22.2. The molecule has 1 aromatic carbocycles. The molecule has 2 N–H and O–H groups in total. The van der Waals surface area contributed by atoms with Gasteiger partial charge in [-0.15, -0.1) is 23.2 Å². The van der Waals surface area contributed by atoms with Gasteiger partial charge in [-0.05, 0) is 17.2 Å². The second kappa shape index (κ2) is 11.3. The van der Waals surface area contributed by atoms with Crippen LogP contribution in [0.1, 0.15) is 38.8 Å². The predicted molar refractivity (Wildman–Crippen MR) is 135 cm³/mol. The fourth-order valence-electron chi connectivity index (χ4n) is 4.47. The highest BCUT2D eigenvalue weighted by molar-refractivity contribution is 6.44. The van der Waals surface area contributed by atoms with E-state index < -0.39 is 58.2 Å². The number of aromatic nitrogens is 1. The van der Waals surface area contributed by atoms with E-state index in [4.69, 9.17) is 23.2 Å². The Balaban J connectivity index is 1.94. The number of hydrogen-bond donors (Lipinski definition) is 2. The van der Waals surface area contributed by atoms with Crippen molar-refractivity contribution in [2.45, 2.75) is 56.3 Å². The number of likely N-dealkylation sites (tertiary alicyclic amines) is 1. The van der Waals surface area contributed by atoms with E-state index in [-0.39, 0.29) is 13.0 Å². The van der Waals surface area contributed by atoms with E-state index in [1.165, 1.54) is 27.0 Å². The number of alkyl halides is 5. The third-order valence-corrected chi connectivity index (χ3v) is 7.04. The molecule has 1 fully saturated rings. The molecule has 13 heteroatoms. The molecule has 0 saturated carbocycles. The normalized spacial score (nSPS) is 19.6. The summed E-state index contributed by atoms with van der Waals surface area (Å²) < 4.78 is 39.0. The van der Waals surface area contributed by atoms with Crippen LogP contribution in [0.4, 0.5) is 13.2 Å². The number of halogens is 5. The van der Waals surface area contributed by atoms with Crippen LogP contribution >= 0.6 is 23.2 Å². The Kier molecular flexibility index (Phi) is 8.79. The quantitative estimate of drug-likeness (QED) is 0.508. The molecule has 38 heavy (non-hydrogen) atoms. The van der Waals surface area contributed by atoms with Crippen molar-refractivity contribution in [2.24, 2.45) is 11.3 Å². The number of hydrogen-bond acceptors (Lipinski definition) is 5. The minimum absolute atomic E-state index is 0.0426. The minimum Gasteiger partial charge on any atom is -0.336 e. The summed E-state index contributed by atoms with van der Waals surface area (Å²) >= 11 is 12.3. The topological polar surface area (TPSA) is 115 Å².